The molecule has 0 bridgehead atoms. The smallest absolute Gasteiger partial charge is 0.215 e. The van der Waals surface area contributed by atoms with Crippen LogP contribution in [0.2, 0.25) is 0 Å². The molecule has 0 aliphatic heterocycles. The molecule has 0 saturated heterocycles. The zero-order valence-electron chi connectivity index (χ0n) is 17.8. The third kappa shape index (κ3) is 4.25. The van der Waals surface area contributed by atoms with Crippen LogP contribution in [0.5, 0.6) is 11.5 Å². The molecule has 4 rings (SSSR count). The van der Waals surface area contributed by atoms with Gasteiger partial charge in [0.2, 0.25) is 12.4 Å². The molecule has 158 valence electrons. The van der Waals surface area contributed by atoms with E-state index in [-0.39, 0.29) is 0 Å². The molecule has 1 amide bonds. The Bertz CT molecular complexity index is 1220. The van der Waals surface area contributed by atoms with Gasteiger partial charge in [-0.25, -0.2) is 15.0 Å². The van der Waals surface area contributed by atoms with E-state index >= 15 is 0 Å². The van der Waals surface area contributed by atoms with Gasteiger partial charge in [0.05, 0.1) is 22.9 Å². The molecule has 3 aromatic heterocycles. The number of aromatic nitrogens is 4. The summed E-state index contributed by atoms with van der Waals surface area (Å²) in [4.78, 5) is 27.6. The number of hydrogen-bond donors (Lipinski definition) is 1. The van der Waals surface area contributed by atoms with E-state index in [4.69, 9.17) is 9.72 Å². The number of anilines is 4. The average molecular weight is 417 g/mol. The summed E-state index contributed by atoms with van der Waals surface area (Å²) in [5.41, 5.74) is 2.60. The lowest BCUT2D eigenvalue weighted by Gasteiger charge is -2.12. The molecule has 0 atom stereocenters. The summed E-state index contributed by atoms with van der Waals surface area (Å²) in [6, 6.07) is 13.1. The summed E-state index contributed by atoms with van der Waals surface area (Å²) < 4.78 is 7.93. The number of rotatable bonds is 7. The number of aryl methyl sites for hydroxylation is 1. The van der Waals surface area contributed by atoms with Gasteiger partial charge >= 0.3 is 0 Å². The fourth-order valence-electron chi connectivity index (χ4n) is 3.05. The van der Waals surface area contributed by atoms with Crippen LogP contribution in [0.15, 0.2) is 54.9 Å². The molecule has 0 aliphatic carbocycles. The number of imidazole rings is 1. The number of carbonyl (C=O) groups excluding carboxylic acids is 1. The van der Waals surface area contributed by atoms with Crippen LogP contribution in [0.3, 0.4) is 0 Å². The van der Waals surface area contributed by atoms with E-state index in [1.807, 2.05) is 60.9 Å². The summed E-state index contributed by atoms with van der Waals surface area (Å²) in [5, 5.41) is 3.31. The Kier molecular flexibility index (Phi) is 5.40. The van der Waals surface area contributed by atoms with E-state index in [1.165, 1.54) is 4.90 Å². The minimum atomic E-state index is 0.506. The number of fused-ring (bicyclic) bond motifs is 1. The van der Waals surface area contributed by atoms with Gasteiger partial charge in [-0.2, -0.15) is 0 Å². The van der Waals surface area contributed by atoms with Crippen molar-refractivity contribution in [3.8, 4) is 11.5 Å². The number of nitrogens with one attached hydrogen (secondary N) is 1. The highest BCUT2D eigenvalue weighted by Gasteiger charge is 2.11. The van der Waals surface area contributed by atoms with E-state index in [0.29, 0.717) is 29.7 Å². The Morgan fingerprint density at radius 1 is 1.00 bits per heavy atom. The molecule has 31 heavy (non-hydrogen) atoms. The lowest BCUT2D eigenvalue weighted by molar-refractivity contribution is -0.107. The fraction of sp³-hybridized carbons (Fsp3) is 0.182. The molecular weight excluding hydrogens is 394 g/mol. The van der Waals surface area contributed by atoms with E-state index in [1.54, 1.807) is 31.6 Å². The van der Waals surface area contributed by atoms with Crippen molar-refractivity contribution in [2.24, 2.45) is 7.05 Å². The Labute approximate surface area is 179 Å². The van der Waals surface area contributed by atoms with E-state index in [2.05, 4.69) is 15.3 Å². The van der Waals surface area contributed by atoms with Gasteiger partial charge in [0.15, 0.2) is 0 Å². The number of amides is 1. The number of carbonyl (C=O) groups is 1. The highest BCUT2D eigenvalue weighted by Crippen LogP contribution is 2.29. The van der Waals surface area contributed by atoms with Crippen molar-refractivity contribution in [1.29, 1.82) is 0 Å². The van der Waals surface area contributed by atoms with Gasteiger partial charge in [-0.05, 0) is 30.3 Å². The number of ether oxygens (including phenoxy) is 1. The normalized spacial score (nSPS) is 10.7. The topological polar surface area (TPSA) is 88.4 Å². The molecule has 0 aliphatic rings. The lowest BCUT2D eigenvalue weighted by atomic mass is 10.3. The fourth-order valence-corrected chi connectivity index (χ4v) is 3.05. The molecule has 1 N–H and O–H groups in total. The maximum Gasteiger partial charge on any atom is 0.215 e. The van der Waals surface area contributed by atoms with Gasteiger partial charge < -0.3 is 24.4 Å². The third-order valence-electron chi connectivity index (χ3n) is 4.79. The molecule has 1 aromatic carbocycles. The van der Waals surface area contributed by atoms with Gasteiger partial charge in [-0.3, -0.25) is 4.79 Å². The molecule has 9 heteroatoms. The first-order valence-corrected chi connectivity index (χ1v) is 9.63. The molecule has 0 saturated carbocycles. The van der Waals surface area contributed by atoms with Crippen LogP contribution in [0.25, 0.3) is 11.0 Å². The van der Waals surface area contributed by atoms with Crippen molar-refractivity contribution in [2.75, 3.05) is 36.3 Å². The van der Waals surface area contributed by atoms with Crippen LogP contribution in [0, 0.1) is 0 Å². The molecule has 9 nitrogen and oxygen atoms in total. The van der Waals surface area contributed by atoms with Gasteiger partial charge in [0.1, 0.15) is 23.1 Å². The maximum atomic E-state index is 11.0. The van der Waals surface area contributed by atoms with Crippen LogP contribution in [0.4, 0.5) is 23.3 Å². The standard InChI is InChI=1S/C22H23N7O2/c1-27(2)20-8-5-15(13-24-20)25-22-26-18-11-16(6-7-19(18)29(22)4)31-17-9-10-23-21(12-17)28(3)14-30/h5-14H,1-4H3,(H,25,26). The van der Waals surface area contributed by atoms with Crippen LogP contribution < -0.4 is 19.9 Å². The number of benzene rings is 1. The van der Waals surface area contributed by atoms with Crippen LogP contribution in [-0.2, 0) is 11.8 Å². The zero-order chi connectivity index (χ0) is 22.0. The Morgan fingerprint density at radius 3 is 2.52 bits per heavy atom. The highest BCUT2D eigenvalue weighted by molar-refractivity contribution is 5.81. The first-order chi connectivity index (χ1) is 14.9. The molecule has 0 fully saturated rings. The minimum Gasteiger partial charge on any atom is -0.457 e. The number of pyridine rings is 2. The molecule has 0 unspecified atom stereocenters. The zero-order valence-corrected chi connectivity index (χ0v) is 17.8. The van der Waals surface area contributed by atoms with Crippen LogP contribution in [-0.4, -0.2) is 47.1 Å². The molecule has 0 radical (unpaired) electrons. The molecule has 3 heterocycles. The SMILES string of the molecule is CN(C)c1ccc(Nc2nc3cc(Oc4ccnc(N(C)C=O)c4)ccc3n2C)cn1. The second kappa shape index (κ2) is 8.31. The van der Waals surface area contributed by atoms with Gasteiger partial charge in [0, 0.05) is 46.5 Å². The van der Waals surface area contributed by atoms with Crippen LogP contribution in [0.1, 0.15) is 0 Å². The second-order valence-electron chi connectivity index (χ2n) is 7.24. The molecular formula is C22H23N7O2. The van der Waals surface area contributed by atoms with Crippen molar-refractivity contribution in [3.05, 3.63) is 54.9 Å². The number of nitrogens with zero attached hydrogens (tertiary/aromatic N) is 6. The van der Waals surface area contributed by atoms with Crippen molar-refractivity contribution < 1.29 is 9.53 Å². The molecule has 4 aromatic rings. The first kappa shape index (κ1) is 20.1. The van der Waals surface area contributed by atoms with Crippen molar-refractivity contribution in [3.63, 3.8) is 0 Å². The highest BCUT2D eigenvalue weighted by atomic mass is 16.5. The predicted molar refractivity (Wildman–Crippen MR) is 121 cm³/mol. The van der Waals surface area contributed by atoms with Gasteiger partial charge in [-0.15, -0.1) is 0 Å². The monoisotopic (exact) mass is 417 g/mol. The summed E-state index contributed by atoms with van der Waals surface area (Å²) in [6.07, 6.45) is 4.08. The summed E-state index contributed by atoms with van der Waals surface area (Å²) in [7, 11) is 7.49. The van der Waals surface area contributed by atoms with E-state index in [0.717, 1.165) is 22.5 Å². The van der Waals surface area contributed by atoms with Crippen LogP contribution >= 0.6 is 0 Å². The van der Waals surface area contributed by atoms with Crippen molar-refractivity contribution in [2.45, 2.75) is 0 Å². The summed E-state index contributed by atoms with van der Waals surface area (Å²) in [6.45, 7) is 0. The Morgan fingerprint density at radius 2 is 1.81 bits per heavy atom. The Hall–Kier alpha value is -4.14. The van der Waals surface area contributed by atoms with E-state index < -0.39 is 0 Å². The average Bonchev–Trinajstić information content (AvgIpc) is 3.08. The summed E-state index contributed by atoms with van der Waals surface area (Å²) in [5.74, 6) is 3.31. The van der Waals surface area contributed by atoms with Gasteiger partial charge in [-0.1, -0.05) is 0 Å². The quantitative estimate of drug-likeness (QED) is 0.460. The number of hydrogen-bond acceptors (Lipinski definition) is 7. The minimum absolute atomic E-state index is 0.506. The second-order valence-corrected chi connectivity index (χ2v) is 7.24. The first-order valence-electron chi connectivity index (χ1n) is 9.63. The van der Waals surface area contributed by atoms with Gasteiger partial charge in [0.25, 0.3) is 0 Å². The van der Waals surface area contributed by atoms with E-state index in [9.17, 15) is 4.79 Å². The predicted octanol–water partition coefficient (Wildman–Crippen LogP) is 3.56. The van der Waals surface area contributed by atoms with Crippen molar-refractivity contribution >= 4 is 40.7 Å². The summed E-state index contributed by atoms with van der Waals surface area (Å²) >= 11 is 0. The lowest BCUT2D eigenvalue weighted by Crippen LogP contribution is -2.14. The largest absolute Gasteiger partial charge is 0.457 e. The Balaban J connectivity index is 1.57. The van der Waals surface area contributed by atoms with Crippen molar-refractivity contribution in [1.82, 2.24) is 19.5 Å². The molecule has 0 spiro atoms. The maximum absolute atomic E-state index is 11.0. The third-order valence-corrected chi connectivity index (χ3v) is 4.79.